The van der Waals surface area contributed by atoms with Gasteiger partial charge in [-0.25, -0.2) is 4.79 Å². The maximum absolute atomic E-state index is 10.7. The molecule has 0 saturated heterocycles. The molecule has 0 bridgehead atoms. The summed E-state index contributed by atoms with van der Waals surface area (Å²) in [6, 6.07) is 11.0. The zero-order valence-electron chi connectivity index (χ0n) is 10.2. The van der Waals surface area contributed by atoms with Crippen LogP contribution in [0.25, 0.3) is 0 Å². The fourth-order valence-electron chi connectivity index (χ4n) is 1.68. The van der Waals surface area contributed by atoms with Gasteiger partial charge in [0.1, 0.15) is 0 Å². The maximum Gasteiger partial charge on any atom is 0.356 e. The molecule has 1 aromatic heterocycles. The first-order chi connectivity index (χ1) is 8.59. The van der Waals surface area contributed by atoms with Gasteiger partial charge in [0, 0.05) is 12.7 Å². The van der Waals surface area contributed by atoms with Gasteiger partial charge in [0.2, 0.25) is 0 Å². The quantitative estimate of drug-likeness (QED) is 0.895. The molecule has 92 valence electrons. The third-order valence-electron chi connectivity index (χ3n) is 2.69. The molecule has 0 atom stereocenters. The van der Waals surface area contributed by atoms with E-state index in [2.05, 4.69) is 10.2 Å². The number of rotatable bonds is 3. The van der Waals surface area contributed by atoms with E-state index < -0.39 is 5.97 Å². The molecule has 5 nitrogen and oxygen atoms in total. The summed E-state index contributed by atoms with van der Waals surface area (Å²) in [5.74, 6) is -0.470. The fraction of sp³-hybridized carbons (Fsp3) is 0.154. The average molecular weight is 243 g/mol. The number of carboxylic acids is 1. The van der Waals surface area contributed by atoms with Crippen LogP contribution in [0.15, 0.2) is 36.4 Å². The Kier molecular flexibility index (Phi) is 3.23. The first-order valence-corrected chi connectivity index (χ1v) is 5.46. The number of hydrogen-bond acceptors (Lipinski definition) is 4. The highest BCUT2D eigenvalue weighted by Gasteiger charge is 2.10. The Morgan fingerprint density at radius 3 is 2.44 bits per heavy atom. The van der Waals surface area contributed by atoms with Gasteiger partial charge in [0.05, 0.1) is 0 Å². The minimum Gasteiger partial charge on any atom is -0.476 e. The highest BCUT2D eigenvalue weighted by atomic mass is 16.4. The predicted molar refractivity (Wildman–Crippen MR) is 68.2 cm³/mol. The van der Waals surface area contributed by atoms with Crippen molar-refractivity contribution in [2.45, 2.75) is 6.92 Å². The summed E-state index contributed by atoms with van der Waals surface area (Å²) in [7, 11) is 1.87. The zero-order chi connectivity index (χ0) is 13.1. The monoisotopic (exact) mass is 243 g/mol. The van der Waals surface area contributed by atoms with Crippen LogP contribution in [0.2, 0.25) is 0 Å². The summed E-state index contributed by atoms with van der Waals surface area (Å²) < 4.78 is 0. The minimum absolute atomic E-state index is 0.0584. The summed E-state index contributed by atoms with van der Waals surface area (Å²) in [5, 5.41) is 16.3. The number of para-hydroxylation sites is 1. The smallest absolute Gasteiger partial charge is 0.356 e. The summed E-state index contributed by atoms with van der Waals surface area (Å²) >= 11 is 0. The Hall–Kier alpha value is -2.43. The van der Waals surface area contributed by atoms with Crippen molar-refractivity contribution in [2.75, 3.05) is 11.9 Å². The van der Waals surface area contributed by atoms with Crippen LogP contribution in [-0.4, -0.2) is 28.3 Å². The third kappa shape index (κ3) is 2.29. The lowest BCUT2D eigenvalue weighted by Gasteiger charge is -2.19. The number of anilines is 2. The molecule has 0 saturated carbocycles. The molecule has 1 heterocycles. The molecule has 2 aromatic rings. The number of carboxylic acid groups (broad SMARTS) is 1. The maximum atomic E-state index is 10.7. The molecule has 1 aromatic carbocycles. The van der Waals surface area contributed by atoms with E-state index in [1.54, 1.807) is 6.07 Å². The molecule has 0 aliphatic rings. The van der Waals surface area contributed by atoms with Gasteiger partial charge < -0.3 is 10.0 Å². The van der Waals surface area contributed by atoms with Crippen molar-refractivity contribution in [3.8, 4) is 0 Å². The largest absolute Gasteiger partial charge is 0.476 e. The SMILES string of the molecule is Cc1ccccc1N(C)c1ccc(C(=O)O)nn1. The van der Waals surface area contributed by atoms with Crippen molar-refractivity contribution >= 4 is 17.5 Å². The number of hydrogen-bond donors (Lipinski definition) is 1. The van der Waals surface area contributed by atoms with Gasteiger partial charge in [0.25, 0.3) is 0 Å². The van der Waals surface area contributed by atoms with E-state index in [1.807, 2.05) is 43.1 Å². The molecule has 0 unspecified atom stereocenters. The number of benzene rings is 1. The highest BCUT2D eigenvalue weighted by Crippen LogP contribution is 2.24. The van der Waals surface area contributed by atoms with E-state index in [0.29, 0.717) is 5.82 Å². The van der Waals surface area contributed by atoms with Gasteiger partial charge in [-0.05, 0) is 30.7 Å². The number of aryl methyl sites for hydroxylation is 1. The van der Waals surface area contributed by atoms with Crippen LogP contribution in [0, 0.1) is 6.92 Å². The Bertz CT molecular complexity index is 567. The van der Waals surface area contributed by atoms with Gasteiger partial charge >= 0.3 is 5.97 Å². The lowest BCUT2D eigenvalue weighted by Crippen LogP contribution is -2.14. The Labute approximate surface area is 105 Å². The number of aromatic carboxylic acids is 1. The van der Waals surface area contributed by atoms with Crippen molar-refractivity contribution in [3.63, 3.8) is 0 Å². The second kappa shape index (κ2) is 4.83. The van der Waals surface area contributed by atoms with Gasteiger partial charge in [0.15, 0.2) is 11.5 Å². The van der Waals surface area contributed by atoms with Crippen LogP contribution < -0.4 is 4.90 Å². The average Bonchev–Trinajstić information content (AvgIpc) is 2.38. The van der Waals surface area contributed by atoms with E-state index in [4.69, 9.17) is 5.11 Å². The standard InChI is InChI=1S/C13H13N3O2/c1-9-5-3-4-6-11(9)16(2)12-8-7-10(13(17)18)14-15-12/h3-8H,1-2H3,(H,17,18). The first kappa shape index (κ1) is 12.0. The van der Waals surface area contributed by atoms with Gasteiger partial charge in [-0.15, -0.1) is 10.2 Å². The van der Waals surface area contributed by atoms with Crippen LogP contribution in [0.4, 0.5) is 11.5 Å². The Morgan fingerprint density at radius 2 is 1.89 bits per heavy atom. The van der Waals surface area contributed by atoms with Gasteiger partial charge in [-0.2, -0.15) is 0 Å². The Balaban J connectivity index is 2.32. The molecule has 0 aliphatic heterocycles. The zero-order valence-corrected chi connectivity index (χ0v) is 10.2. The van der Waals surface area contributed by atoms with Crippen molar-refractivity contribution in [1.29, 1.82) is 0 Å². The van der Waals surface area contributed by atoms with Crippen molar-refractivity contribution in [3.05, 3.63) is 47.7 Å². The molecule has 0 aliphatic carbocycles. The number of aromatic nitrogens is 2. The van der Waals surface area contributed by atoms with E-state index in [0.717, 1.165) is 11.3 Å². The van der Waals surface area contributed by atoms with Crippen LogP contribution in [-0.2, 0) is 0 Å². The molecule has 18 heavy (non-hydrogen) atoms. The van der Waals surface area contributed by atoms with Crippen LogP contribution in [0.1, 0.15) is 16.1 Å². The summed E-state index contributed by atoms with van der Waals surface area (Å²) in [6.07, 6.45) is 0. The second-order valence-electron chi connectivity index (χ2n) is 3.93. The summed E-state index contributed by atoms with van der Waals surface area (Å²) in [4.78, 5) is 12.6. The molecule has 0 radical (unpaired) electrons. The molecular formula is C13H13N3O2. The van der Waals surface area contributed by atoms with E-state index in [1.165, 1.54) is 6.07 Å². The predicted octanol–water partition coefficient (Wildman–Crippen LogP) is 2.25. The van der Waals surface area contributed by atoms with E-state index >= 15 is 0 Å². The third-order valence-corrected chi connectivity index (χ3v) is 2.69. The normalized spacial score (nSPS) is 10.1. The topological polar surface area (TPSA) is 66.3 Å². The molecule has 2 rings (SSSR count). The molecular weight excluding hydrogens is 230 g/mol. The molecule has 0 spiro atoms. The molecule has 0 amide bonds. The first-order valence-electron chi connectivity index (χ1n) is 5.46. The second-order valence-corrected chi connectivity index (χ2v) is 3.93. The van der Waals surface area contributed by atoms with Crippen LogP contribution >= 0.6 is 0 Å². The summed E-state index contributed by atoms with van der Waals surface area (Å²) in [5.41, 5.74) is 2.07. The van der Waals surface area contributed by atoms with Crippen molar-refractivity contribution in [1.82, 2.24) is 10.2 Å². The van der Waals surface area contributed by atoms with Gasteiger partial charge in [-0.1, -0.05) is 18.2 Å². The van der Waals surface area contributed by atoms with Crippen molar-refractivity contribution < 1.29 is 9.90 Å². The van der Waals surface area contributed by atoms with Crippen LogP contribution in [0.5, 0.6) is 0 Å². The minimum atomic E-state index is -1.08. The number of carbonyl (C=O) groups is 1. The van der Waals surface area contributed by atoms with Gasteiger partial charge in [-0.3, -0.25) is 0 Å². The van der Waals surface area contributed by atoms with E-state index in [-0.39, 0.29) is 5.69 Å². The lowest BCUT2D eigenvalue weighted by atomic mass is 10.2. The fourth-order valence-corrected chi connectivity index (χ4v) is 1.68. The molecule has 5 heteroatoms. The van der Waals surface area contributed by atoms with E-state index in [9.17, 15) is 4.79 Å². The van der Waals surface area contributed by atoms with Crippen LogP contribution in [0.3, 0.4) is 0 Å². The highest BCUT2D eigenvalue weighted by molar-refractivity contribution is 5.85. The molecule has 0 fully saturated rings. The number of nitrogens with zero attached hydrogens (tertiary/aromatic N) is 3. The molecule has 1 N–H and O–H groups in total. The van der Waals surface area contributed by atoms with Crippen molar-refractivity contribution in [2.24, 2.45) is 0 Å². The Morgan fingerprint density at radius 1 is 1.17 bits per heavy atom. The lowest BCUT2D eigenvalue weighted by molar-refractivity contribution is 0.0689. The summed E-state index contributed by atoms with van der Waals surface area (Å²) in [6.45, 7) is 2.00.